The van der Waals surface area contributed by atoms with Crippen LogP contribution in [0.1, 0.15) is 20.0 Å². The summed E-state index contributed by atoms with van der Waals surface area (Å²) in [5.41, 5.74) is 0.280. The lowest BCUT2D eigenvalue weighted by Gasteiger charge is -1.86. The summed E-state index contributed by atoms with van der Waals surface area (Å²) in [6, 6.07) is 1.59. The summed E-state index contributed by atoms with van der Waals surface area (Å²) in [7, 11) is 0. The number of hydrogen-bond donors (Lipinski definition) is 1. The second-order valence-corrected chi connectivity index (χ2v) is 3.28. The van der Waals surface area contributed by atoms with Crippen molar-refractivity contribution in [1.29, 1.82) is 0 Å². The van der Waals surface area contributed by atoms with Crippen LogP contribution in [0.25, 0.3) is 0 Å². The third-order valence-electron chi connectivity index (χ3n) is 1.73. The van der Waals surface area contributed by atoms with Gasteiger partial charge in [0.15, 0.2) is 0 Å². The molecule has 1 aliphatic rings. The number of ketones is 2. The van der Waals surface area contributed by atoms with Crippen LogP contribution in [0.2, 0.25) is 0 Å². The maximum Gasteiger partial charge on any atom is 0.210 e. The largest absolute Gasteiger partial charge is 0.515 e. The van der Waals surface area contributed by atoms with Crippen molar-refractivity contribution in [3.8, 4) is 0 Å². The van der Waals surface area contributed by atoms with E-state index in [1.165, 1.54) is 11.3 Å². The van der Waals surface area contributed by atoms with E-state index in [1.54, 1.807) is 11.4 Å². The molecular weight excluding hydrogens is 176 g/mol. The van der Waals surface area contributed by atoms with Crippen LogP contribution in [0.3, 0.4) is 0 Å². The second kappa shape index (κ2) is 2.28. The molecule has 0 aromatic carbocycles. The molecule has 1 heterocycles. The molecule has 4 heteroatoms. The van der Waals surface area contributed by atoms with Crippen molar-refractivity contribution in [2.24, 2.45) is 0 Å². The van der Waals surface area contributed by atoms with E-state index in [0.29, 0.717) is 16.7 Å². The number of rotatable bonds is 0. The molecule has 12 heavy (non-hydrogen) atoms. The Kier molecular flexibility index (Phi) is 1.38. The Morgan fingerprint density at radius 2 is 2.08 bits per heavy atom. The number of carbonyl (C=O) groups excluding carboxylic acids is 2. The van der Waals surface area contributed by atoms with Gasteiger partial charge in [-0.25, -0.2) is 0 Å². The van der Waals surface area contributed by atoms with E-state index in [9.17, 15) is 9.59 Å². The lowest BCUT2D eigenvalue weighted by Crippen LogP contribution is -2.00. The number of aliphatic hydroxyl groups is 1. The van der Waals surface area contributed by atoms with Gasteiger partial charge in [-0.1, -0.05) is 0 Å². The van der Waals surface area contributed by atoms with Gasteiger partial charge in [-0.3, -0.25) is 9.59 Å². The molecule has 0 radical (unpaired) electrons. The van der Waals surface area contributed by atoms with Crippen molar-refractivity contribution < 1.29 is 14.7 Å². The van der Waals surface area contributed by atoms with Crippen LogP contribution in [0.4, 0.5) is 0 Å². The molecule has 0 unspecified atom stereocenters. The fourth-order valence-corrected chi connectivity index (χ4v) is 2.00. The third-order valence-corrected chi connectivity index (χ3v) is 2.65. The minimum Gasteiger partial charge on any atom is -0.515 e. The maximum absolute atomic E-state index is 11.3. The van der Waals surface area contributed by atoms with E-state index in [1.807, 2.05) is 0 Å². The quantitative estimate of drug-likeness (QED) is 0.374. The van der Waals surface area contributed by atoms with Crippen molar-refractivity contribution in [3.63, 3.8) is 0 Å². The highest BCUT2D eigenvalue weighted by atomic mass is 32.1. The number of allylic oxidation sites excluding steroid dienone is 1. The molecule has 3 nitrogen and oxygen atoms in total. The highest BCUT2D eigenvalue weighted by Crippen LogP contribution is 2.29. The lowest BCUT2D eigenvalue weighted by molar-refractivity contribution is 0.0985. The zero-order chi connectivity index (χ0) is 8.72. The molecule has 1 N–H and O–H groups in total. The van der Waals surface area contributed by atoms with Gasteiger partial charge >= 0.3 is 0 Å². The Bertz CT molecular complexity index is 368. The van der Waals surface area contributed by atoms with Crippen molar-refractivity contribution in [3.05, 3.63) is 33.7 Å². The van der Waals surface area contributed by atoms with Crippen LogP contribution in [-0.2, 0) is 0 Å². The molecule has 0 atom stereocenters. The van der Waals surface area contributed by atoms with E-state index in [2.05, 4.69) is 0 Å². The topological polar surface area (TPSA) is 54.4 Å². The van der Waals surface area contributed by atoms with E-state index in [0.717, 1.165) is 0 Å². The van der Waals surface area contributed by atoms with Crippen LogP contribution in [0, 0.1) is 0 Å². The van der Waals surface area contributed by atoms with E-state index in [-0.39, 0.29) is 17.1 Å². The highest BCUT2D eigenvalue weighted by Gasteiger charge is 2.34. The standard InChI is InChI=1S/C8H4O3S/c9-3-5-6(10)4-1-2-12-8(4)7(5)11/h1-3,9H. The molecule has 0 saturated carbocycles. The molecule has 1 aromatic rings. The number of thiophene rings is 1. The van der Waals surface area contributed by atoms with Gasteiger partial charge in [-0.05, 0) is 11.4 Å². The minimum absolute atomic E-state index is 0.128. The Morgan fingerprint density at radius 3 is 2.67 bits per heavy atom. The van der Waals surface area contributed by atoms with Gasteiger partial charge in [0.1, 0.15) is 5.57 Å². The predicted molar refractivity (Wildman–Crippen MR) is 43.7 cm³/mol. The Hall–Kier alpha value is -1.42. The van der Waals surface area contributed by atoms with Crippen LogP contribution < -0.4 is 0 Å². The fraction of sp³-hybridized carbons (Fsp3) is 0. The molecule has 0 bridgehead atoms. The summed E-state index contributed by atoms with van der Waals surface area (Å²) in [5, 5.41) is 10.3. The summed E-state index contributed by atoms with van der Waals surface area (Å²) in [6.07, 6.45) is 0.581. The summed E-state index contributed by atoms with van der Waals surface area (Å²) >= 11 is 1.22. The van der Waals surface area contributed by atoms with Crippen LogP contribution in [-0.4, -0.2) is 16.7 Å². The monoisotopic (exact) mass is 180 g/mol. The average molecular weight is 180 g/mol. The summed E-state index contributed by atoms with van der Waals surface area (Å²) in [5.74, 6) is -0.744. The molecule has 0 amide bonds. The van der Waals surface area contributed by atoms with Gasteiger partial charge in [-0.15, -0.1) is 11.3 Å². The summed E-state index contributed by atoms with van der Waals surface area (Å²) < 4.78 is 0. The molecule has 60 valence electrons. The summed E-state index contributed by atoms with van der Waals surface area (Å²) in [4.78, 5) is 22.9. The summed E-state index contributed by atoms with van der Waals surface area (Å²) in [6.45, 7) is 0. The van der Waals surface area contributed by atoms with Crippen molar-refractivity contribution in [2.45, 2.75) is 0 Å². The molecule has 0 aliphatic heterocycles. The van der Waals surface area contributed by atoms with Crippen molar-refractivity contribution >= 4 is 22.9 Å². The van der Waals surface area contributed by atoms with Gasteiger partial charge in [0.2, 0.25) is 11.6 Å². The van der Waals surface area contributed by atoms with Crippen molar-refractivity contribution in [2.75, 3.05) is 0 Å². The zero-order valence-electron chi connectivity index (χ0n) is 5.90. The van der Waals surface area contributed by atoms with E-state index in [4.69, 9.17) is 5.11 Å². The molecule has 0 spiro atoms. The molecule has 0 fully saturated rings. The first-order valence-corrected chi connectivity index (χ1v) is 4.15. The van der Waals surface area contributed by atoms with Gasteiger partial charge < -0.3 is 5.11 Å². The van der Waals surface area contributed by atoms with Gasteiger partial charge in [0.25, 0.3) is 0 Å². The molecule has 1 aliphatic carbocycles. The third kappa shape index (κ3) is 0.698. The number of carbonyl (C=O) groups is 2. The maximum atomic E-state index is 11.3. The van der Waals surface area contributed by atoms with Gasteiger partial charge in [0.05, 0.1) is 11.1 Å². The SMILES string of the molecule is O=C1C(=CO)C(=O)c2sccc21. The van der Waals surface area contributed by atoms with Gasteiger partial charge in [0, 0.05) is 5.56 Å². The average Bonchev–Trinajstić information content (AvgIpc) is 2.58. The second-order valence-electron chi connectivity index (χ2n) is 2.36. The highest BCUT2D eigenvalue weighted by molar-refractivity contribution is 7.13. The molecular formula is C8H4O3S. The lowest BCUT2D eigenvalue weighted by atomic mass is 10.2. The smallest absolute Gasteiger partial charge is 0.210 e. The molecule has 1 aromatic heterocycles. The Balaban J connectivity index is 2.68. The number of fused-ring (bicyclic) bond motifs is 1. The number of Topliss-reactive ketones (excluding diaryl/α,β-unsaturated/α-hetero) is 2. The van der Waals surface area contributed by atoms with Crippen LogP contribution >= 0.6 is 11.3 Å². The van der Waals surface area contributed by atoms with Crippen molar-refractivity contribution in [1.82, 2.24) is 0 Å². The Labute approximate surface area is 72.0 Å². The molecule has 0 saturated heterocycles. The molecule has 2 rings (SSSR count). The van der Waals surface area contributed by atoms with Gasteiger partial charge in [-0.2, -0.15) is 0 Å². The van der Waals surface area contributed by atoms with Crippen LogP contribution in [0.15, 0.2) is 23.3 Å². The first-order chi connectivity index (χ1) is 5.75. The van der Waals surface area contributed by atoms with E-state index >= 15 is 0 Å². The number of aliphatic hydroxyl groups excluding tert-OH is 1. The minimum atomic E-state index is -0.376. The first-order valence-electron chi connectivity index (χ1n) is 3.27. The van der Waals surface area contributed by atoms with Crippen LogP contribution in [0.5, 0.6) is 0 Å². The predicted octanol–water partition coefficient (Wildman–Crippen LogP) is 1.57. The zero-order valence-corrected chi connectivity index (χ0v) is 6.72. The Morgan fingerprint density at radius 1 is 1.33 bits per heavy atom. The first kappa shape index (κ1) is 7.24. The van der Waals surface area contributed by atoms with E-state index < -0.39 is 0 Å². The normalized spacial score (nSPS) is 18.8. The number of hydrogen-bond acceptors (Lipinski definition) is 4. The fourth-order valence-electron chi connectivity index (χ4n) is 1.15.